The number of benzene rings is 2. The van der Waals surface area contributed by atoms with E-state index in [-0.39, 0.29) is 10.4 Å². The van der Waals surface area contributed by atoms with E-state index in [4.69, 9.17) is 16.7 Å². The highest BCUT2D eigenvalue weighted by Crippen LogP contribution is 2.33. The van der Waals surface area contributed by atoms with Crippen LogP contribution in [0.15, 0.2) is 47.3 Å². The molecule has 1 heterocycles. The van der Waals surface area contributed by atoms with E-state index in [0.717, 1.165) is 16.9 Å². The van der Waals surface area contributed by atoms with Crippen LogP contribution in [0.2, 0.25) is 5.02 Å². The number of rotatable bonds is 3. The van der Waals surface area contributed by atoms with Gasteiger partial charge in [0.15, 0.2) is 0 Å². The Balaban J connectivity index is 2.14. The first kappa shape index (κ1) is 19.4. The minimum atomic E-state index is -1.27. The lowest BCUT2D eigenvalue weighted by Crippen LogP contribution is -2.32. The maximum absolute atomic E-state index is 12.4. The molecular weight excluding hydrogens is 402 g/mol. The zero-order chi connectivity index (χ0) is 20.3. The van der Waals surface area contributed by atoms with Crippen molar-refractivity contribution in [1.29, 1.82) is 0 Å². The summed E-state index contributed by atoms with van der Waals surface area (Å²) in [5.41, 5.74) is 0.668. The summed E-state index contributed by atoms with van der Waals surface area (Å²) in [6.07, 6.45) is 0. The van der Waals surface area contributed by atoms with Crippen LogP contribution in [0.1, 0.15) is 21.5 Å². The van der Waals surface area contributed by atoms with Crippen LogP contribution in [0.25, 0.3) is 10.1 Å². The van der Waals surface area contributed by atoms with E-state index in [0.29, 0.717) is 10.3 Å². The molecule has 0 saturated heterocycles. The van der Waals surface area contributed by atoms with E-state index in [1.54, 1.807) is 6.07 Å². The first-order chi connectivity index (χ1) is 13.4. The molecule has 6 nitrogen and oxygen atoms in total. The highest BCUT2D eigenvalue weighted by molar-refractivity contribution is 7.16. The molecule has 0 aliphatic carbocycles. The molecule has 3 aromatic rings. The van der Waals surface area contributed by atoms with E-state index in [9.17, 15) is 19.5 Å². The minimum absolute atomic E-state index is 0.190. The number of carboxylic acids is 1. The van der Waals surface area contributed by atoms with Gasteiger partial charge in [0.05, 0.1) is 4.70 Å². The van der Waals surface area contributed by atoms with Crippen molar-refractivity contribution in [3.63, 3.8) is 0 Å². The summed E-state index contributed by atoms with van der Waals surface area (Å²) in [4.78, 5) is 35.2. The van der Waals surface area contributed by atoms with Gasteiger partial charge in [0.2, 0.25) is 4.74 Å². The Bertz CT molecular complexity index is 1210. The zero-order valence-corrected chi connectivity index (χ0v) is 15.7. The molecule has 0 fully saturated rings. The van der Waals surface area contributed by atoms with Gasteiger partial charge in [-0.15, -0.1) is 0 Å². The molecule has 0 saturated carbocycles. The van der Waals surface area contributed by atoms with E-state index in [1.165, 1.54) is 6.07 Å². The summed E-state index contributed by atoms with van der Waals surface area (Å²) in [7, 11) is 0. The lowest BCUT2D eigenvalue weighted by Gasteiger charge is -2.08. The van der Waals surface area contributed by atoms with Gasteiger partial charge >= 0.3 is 5.97 Å². The van der Waals surface area contributed by atoms with Crippen LogP contribution in [0.5, 0.6) is 5.75 Å². The summed E-state index contributed by atoms with van der Waals surface area (Å²) in [5.74, 6) is 3.09. The maximum Gasteiger partial charge on any atom is 0.322 e. The molecule has 8 heteroatoms. The van der Waals surface area contributed by atoms with Gasteiger partial charge in [0.25, 0.3) is 5.91 Å². The van der Waals surface area contributed by atoms with E-state index in [2.05, 4.69) is 17.2 Å². The third-order valence-corrected chi connectivity index (χ3v) is 4.94. The Morgan fingerprint density at radius 2 is 1.86 bits per heavy atom. The normalized spacial score (nSPS) is 10.2. The van der Waals surface area contributed by atoms with Crippen molar-refractivity contribution in [3.05, 3.63) is 73.7 Å². The molecule has 0 atom stereocenters. The SMILES string of the molecule is O=C(O)CNC(=O)c1c(O)c2cc(Cl)cc(C#Cc3ccccc3)c2sc1=O. The van der Waals surface area contributed by atoms with Crippen LogP contribution < -0.4 is 10.1 Å². The standard InChI is InChI=1S/C20H12ClNO5S/c21-13-8-12(7-6-11-4-2-1-3-5-11)18-14(9-13)17(25)16(20(27)28-18)19(26)22-10-15(23)24/h1-5,8-9,25H,10H2,(H,22,26)(H,23,24). The van der Waals surface area contributed by atoms with Crippen LogP contribution in [0.4, 0.5) is 0 Å². The Hall–Kier alpha value is -3.34. The molecule has 28 heavy (non-hydrogen) atoms. The van der Waals surface area contributed by atoms with Crippen molar-refractivity contribution < 1.29 is 19.8 Å². The van der Waals surface area contributed by atoms with Crippen LogP contribution in [0.3, 0.4) is 0 Å². The molecule has 0 radical (unpaired) electrons. The molecule has 3 rings (SSSR count). The number of hydrogen-bond donors (Lipinski definition) is 3. The van der Waals surface area contributed by atoms with Gasteiger partial charge in [0, 0.05) is 21.5 Å². The van der Waals surface area contributed by atoms with Crippen LogP contribution in [0, 0.1) is 11.8 Å². The average molecular weight is 414 g/mol. The van der Waals surface area contributed by atoms with Crippen LogP contribution in [-0.4, -0.2) is 28.6 Å². The zero-order valence-electron chi connectivity index (χ0n) is 14.2. The minimum Gasteiger partial charge on any atom is -0.506 e. The van der Waals surface area contributed by atoms with E-state index < -0.39 is 34.5 Å². The van der Waals surface area contributed by atoms with Gasteiger partial charge < -0.3 is 15.5 Å². The van der Waals surface area contributed by atoms with Crippen molar-refractivity contribution in [3.8, 4) is 17.6 Å². The lowest BCUT2D eigenvalue weighted by molar-refractivity contribution is -0.135. The van der Waals surface area contributed by atoms with Crippen LogP contribution >= 0.6 is 22.9 Å². The number of fused-ring (bicyclic) bond motifs is 1. The molecule has 0 aliphatic heterocycles. The molecule has 0 unspecified atom stereocenters. The predicted molar refractivity (Wildman–Crippen MR) is 107 cm³/mol. The Labute approximate surface area is 168 Å². The highest BCUT2D eigenvalue weighted by atomic mass is 35.5. The Kier molecular flexibility index (Phi) is 5.64. The summed E-state index contributed by atoms with van der Waals surface area (Å²) < 4.78 is -0.330. The van der Waals surface area contributed by atoms with Crippen molar-refractivity contribution in [1.82, 2.24) is 5.32 Å². The number of aromatic hydroxyl groups is 1. The van der Waals surface area contributed by atoms with E-state index in [1.807, 2.05) is 30.3 Å². The quantitative estimate of drug-likeness (QED) is 0.573. The number of carbonyl (C=O) groups is 2. The number of hydrogen-bond acceptors (Lipinski definition) is 5. The Morgan fingerprint density at radius 1 is 1.14 bits per heavy atom. The van der Waals surface area contributed by atoms with Crippen molar-refractivity contribution in [2.75, 3.05) is 6.54 Å². The maximum atomic E-state index is 12.4. The molecule has 2 aromatic carbocycles. The second-order valence-electron chi connectivity index (χ2n) is 5.64. The fourth-order valence-electron chi connectivity index (χ4n) is 2.45. The molecule has 0 spiro atoms. The largest absolute Gasteiger partial charge is 0.506 e. The smallest absolute Gasteiger partial charge is 0.322 e. The summed E-state index contributed by atoms with van der Waals surface area (Å²) >= 11 is 6.85. The van der Waals surface area contributed by atoms with Crippen molar-refractivity contribution in [2.45, 2.75) is 0 Å². The van der Waals surface area contributed by atoms with Gasteiger partial charge in [-0.05, 0) is 24.3 Å². The van der Waals surface area contributed by atoms with Gasteiger partial charge in [-0.2, -0.15) is 0 Å². The first-order valence-corrected chi connectivity index (χ1v) is 9.12. The molecule has 0 bridgehead atoms. The molecule has 1 aromatic heterocycles. The highest BCUT2D eigenvalue weighted by Gasteiger charge is 2.21. The predicted octanol–water partition coefficient (Wildman–Crippen LogP) is 2.83. The number of carbonyl (C=O) groups excluding carboxylic acids is 1. The average Bonchev–Trinajstić information content (AvgIpc) is 2.66. The molecule has 0 aliphatic rings. The Morgan fingerprint density at radius 3 is 2.54 bits per heavy atom. The van der Waals surface area contributed by atoms with Crippen molar-refractivity contribution >= 4 is 44.9 Å². The topological polar surface area (TPSA) is 104 Å². The number of halogens is 1. The number of carboxylic acid groups (broad SMARTS) is 1. The first-order valence-electron chi connectivity index (χ1n) is 7.93. The lowest BCUT2D eigenvalue weighted by atomic mass is 10.1. The third-order valence-electron chi connectivity index (χ3n) is 3.69. The third kappa shape index (κ3) is 4.14. The van der Waals surface area contributed by atoms with Crippen LogP contribution in [-0.2, 0) is 4.79 Å². The van der Waals surface area contributed by atoms with Gasteiger partial charge in [-0.1, -0.05) is 53.0 Å². The summed E-state index contributed by atoms with van der Waals surface area (Å²) in [6.45, 7) is -0.677. The van der Waals surface area contributed by atoms with Gasteiger partial charge in [-0.3, -0.25) is 14.4 Å². The molecule has 1 amide bonds. The summed E-state index contributed by atoms with van der Waals surface area (Å²) in [5, 5.41) is 21.7. The molecular formula is C20H12ClNO5S. The fourth-order valence-corrected chi connectivity index (χ4v) is 3.63. The number of nitrogens with one attached hydrogen (secondary N) is 1. The summed E-state index contributed by atoms with van der Waals surface area (Å²) in [6, 6.07) is 12.2. The molecule has 3 N–H and O–H groups in total. The van der Waals surface area contributed by atoms with Gasteiger partial charge in [0.1, 0.15) is 17.9 Å². The number of amides is 1. The fraction of sp³-hybridized carbons (Fsp3) is 0.0500. The number of aliphatic carboxylic acids is 1. The second kappa shape index (κ2) is 8.13. The molecule has 140 valence electrons. The monoisotopic (exact) mass is 413 g/mol. The second-order valence-corrected chi connectivity index (χ2v) is 7.06. The van der Waals surface area contributed by atoms with E-state index >= 15 is 0 Å². The van der Waals surface area contributed by atoms with Crippen molar-refractivity contribution in [2.24, 2.45) is 0 Å². The van der Waals surface area contributed by atoms with Gasteiger partial charge in [-0.25, -0.2) is 0 Å².